The lowest BCUT2D eigenvalue weighted by molar-refractivity contribution is 0.414. The van der Waals surface area contributed by atoms with Crippen molar-refractivity contribution in [2.75, 3.05) is 13.7 Å². The van der Waals surface area contributed by atoms with E-state index in [1.165, 1.54) is 24.8 Å². The summed E-state index contributed by atoms with van der Waals surface area (Å²) >= 11 is 0. The maximum absolute atomic E-state index is 5.15. The molecule has 1 fully saturated rings. The maximum atomic E-state index is 5.15. The van der Waals surface area contributed by atoms with E-state index in [0.717, 1.165) is 18.2 Å². The van der Waals surface area contributed by atoms with Gasteiger partial charge in [0, 0.05) is 6.04 Å². The number of nitrogens with one attached hydrogen (secondary N) is 1. The molecule has 0 radical (unpaired) electrons. The highest BCUT2D eigenvalue weighted by molar-refractivity contribution is 5.28. The summed E-state index contributed by atoms with van der Waals surface area (Å²) in [5, 5.41) is 3.57. The maximum Gasteiger partial charge on any atom is 0.118 e. The fourth-order valence-electron chi connectivity index (χ4n) is 1.92. The molecule has 1 saturated carbocycles. The third-order valence-electron chi connectivity index (χ3n) is 3.32. The number of rotatable bonds is 6. The van der Waals surface area contributed by atoms with Gasteiger partial charge < -0.3 is 10.1 Å². The molecule has 2 nitrogen and oxygen atoms in total. The van der Waals surface area contributed by atoms with E-state index < -0.39 is 0 Å². The van der Waals surface area contributed by atoms with Crippen LogP contribution in [0.1, 0.15) is 37.8 Å². The molecular formula is C14H21NO. The van der Waals surface area contributed by atoms with Gasteiger partial charge in [-0.15, -0.1) is 0 Å². The fourth-order valence-corrected chi connectivity index (χ4v) is 1.92. The molecule has 16 heavy (non-hydrogen) atoms. The molecule has 1 aliphatic rings. The van der Waals surface area contributed by atoms with Crippen LogP contribution in [0.3, 0.4) is 0 Å². The van der Waals surface area contributed by atoms with Crippen molar-refractivity contribution >= 4 is 0 Å². The largest absolute Gasteiger partial charge is 0.497 e. The lowest BCUT2D eigenvalue weighted by Crippen LogP contribution is -2.20. The van der Waals surface area contributed by atoms with Crippen LogP contribution < -0.4 is 10.1 Å². The Kier molecular flexibility index (Phi) is 3.83. The van der Waals surface area contributed by atoms with Gasteiger partial charge in [-0.25, -0.2) is 0 Å². The van der Waals surface area contributed by atoms with Crippen molar-refractivity contribution in [3.63, 3.8) is 0 Å². The first-order valence-corrected chi connectivity index (χ1v) is 6.17. The predicted octanol–water partition coefficient (Wildman–Crippen LogP) is 3.15. The Morgan fingerprint density at radius 2 is 2.00 bits per heavy atom. The average molecular weight is 219 g/mol. The van der Waals surface area contributed by atoms with Crippen molar-refractivity contribution in [1.29, 1.82) is 0 Å². The van der Waals surface area contributed by atoms with E-state index in [9.17, 15) is 0 Å². The molecular weight excluding hydrogens is 198 g/mol. The molecule has 0 amide bonds. The van der Waals surface area contributed by atoms with Gasteiger partial charge in [-0.3, -0.25) is 0 Å². The van der Waals surface area contributed by atoms with Gasteiger partial charge in [0.2, 0.25) is 0 Å². The summed E-state index contributed by atoms with van der Waals surface area (Å²) in [4.78, 5) is 0. The van der Waals surface area contributed by atoms with Crippen LogP contribution >= 0.6 is 0 Å². The summed E-state index contributed by atoms with van der Waals surface area (Å²) in [6.07, 6.45) is 4.22. The molecule has 0 heterocycles. The molecule has 0 aromatic heterocycles. The normalized spacial score (nSPS) is 17.1. The van der Waals surface area contributed by atoms with Gasteiger partial charge in [0.05, 0.1) is 7.11 Å². The van der Waals surface area contributed by atoms with Crippen molar-refractivity contribution in [2.24, 2.45) is 5.92 Å². The summed E-state index contributed by atoms with van der Waals surface area (Å²) < 4.78 is 5.15. The van der Waals surface area contributed by atoms with Crippen molar-refractivity contribution in [2.45, 2.75) is 32.2 Å². The number of ether oxygens (including phenoxy) is 1. The summed E-state index contributed by atoms with van der Waals surface area (Å²) in [5.74, 6) is 1.93. The van der Waals surface area contributed by atoms with Crippen LogP contribution in [-0.2, 0) is 0 Å². The molecule has 0 unspecified atom stereocenters. The Balaban J connectivity index is 1.79. The van der Waals surface area contributed by atoms with Crippen LogP contribution in [0.2, 0.25) is 0 Å². The summed E-state index contributed by atoms with van der Waals surface area (Å²) in [7, 11) is 1.70. The van der Waals surface area contributed by atoms with E-state index in [2.05, 4.69) is 24.4 Å². The van der Waals surface area contributed by atoms with Gasteiger partial charge >= 0.3 is 0 Å². The van der Waals surface area contributed by atoms with Crippen LogP contribution in [0, 0.1) is 5.92 Å². The minimum absolute atomic E-state index is 0.435. The SMILES string of the molecule is COc1ccc([C@H](C)NCCC2CC2)cc1. The average Bonchev–Trinajstić information content (AvgIpc) is 3.13. The Labute approximate surface area is 98.0 Å². The van der Waals surface area contributed by atoms with Gasteiger partial charge in [0.15, 0.2) is 0 Å². The molecule has 1 aliphatic carbocycles. The van der Waals surface area contributed by atoms with Gasteiger partial charge in [0.25, 0.3) is 0 Å². The standard InChI is InChI=1S/C14H21NO/c1-11(15-10-9-12-3-4-12)13-5-7-14(16-2)8-6-13/h5-8,11-12,15H,3-4,9-10H2,1-2H3/t11-/m0/s1. The molecule has 1 aromatic carbocycles. The van der Waals surface area contributed by atoms with E-state index in [1.807, 2.05) is 12.1 Å². The molecule has 2 rings (SSSR count). The minimum Gasteiger partial charge on any atom is -0.497 e. The molecule has 0 spiro atoms. The molecule has 0 saturated heterocycles. The van der Waals surface area contributed by atoms with Crippen LogP contribution in [0.15, 0.2) is 24.3 Å². The first-order valence-electron chi connectivity index (χ1n) is 6.17. The van der Waals surface area contributed by atoms with Crippen molar-refractivity contribution < 1.29 is 4.74 Å². The van der Waals surface area contributed by atoms with E-state index in [0.29, 0.717) is 6.04 Å². The quantitative estimate of drug-likeness (QED) is 0.793. The summed E-state index contributed by atoms with van der Waals surface area (Å²) in [6, 6.07) is 8.74. The minimum atomic E-state index is 0.435. The van der Waals surface area contributed by atoms with Crippen LogP contribution in [0.4, 0.5) is 0 Å². The topological polar surface area (TPSA) is 21.3 Å². The van der Waals surface area contributed by atoms with Gasteiger partial charge in [-0.05, 0) is 43.5 Å². The number of hydrogen-bond acceptors (Lipinski definition) is 2. The number of hydrogen-bond donors (Lipinski definition) is 1. The van der Waals surface area contributed by atoms with Crippen LogP contribution in [0.25, 0.3) is 0 Å². The van der Waals surface area contributed by atoms with E-state index in [1.54, 1.807) is 7.11 Å². The van der Waals surface area contributed by atoms with E-state index in [-0.39, 0.29) is 0 Å². The van der Waals surface area contributed by atoms with Crippen molar-refractivity contribution in [3.8, 4) is 5.75 Å². The van der Waals surface area contributed by atoms with Crippen LogP contribution in [0.5, 0.6) is 5.75 Å². The Hall–Kier alpha value is -1.02. The zero-order valence-corrected chi connectivity index (χ0v) is 10.2. The van der Waals surface area contributed by atoms with Gasteiger partial charge in [-0.2, -0.15) is 0 Å². The zero-order valence-electron chi connectivity index (χ0n) is 10.2. The first kappa shape index (κ1) is 11.5. The van der Waals surface area contributed by atoms with Crippen molar-refractivity contribution in [1.82, 2.24) is 5.32 Å². The smallest absolute Gasteiger partial charge is 0.118 e. The Morgan fingerprint density at radius 1 is 1.31 bits per heavy atom. The molecule has 1 N–H and O–H groups in total. The monoisotopic (exact) mass is 219 g/mol. The number of methoxy groups -OCH3 is 1. The third kappa shape index (κ3) is 3.24. The molecule has 0 aliphatic heterocycles. The predicted molar refractivity (Wildman–Crippen MR) is 66.8 cm³/mol. The molecule has 88 valence electrons. The highest BCUT2D eigenvalue weighted by atomic mass is 16.5. The second kappa shape index (κ2) is 5.35. The van der Waals surface area contributed by atoms with E-state index in [4.69, 9.17) is 4.74 Å². The molecule has 0 bridgehead atoms. The van der Waals surface area contributed by atoms with Crippen LogP contribution in [-0.4, -0.2) is 13.7 Å². The third-order valence-corrected chi connectivity index (χ3v) is 3.32. The molecule has 2 heteroatoms. The van der Waals surface area contributed by atoms with Crippen molar-refractivity contribution in [3.05, 3.63) is 29.8 Å². The highest BCUT2D eigenvalue weighted by Gasteiger charge is 2.20. The molecule has 1 atom stereocenters. The second-order valence-electron chi connectivity index (χ2n) is 4.68. The lowest BCUT2D eigenvalue weighted by atomic mass is 10.1. The van der Waals surface area contributed by atoms with Gasteiger partial charge in [0.1, 0.15) is 5.75 Å². The zero-order chi connectivity index (χ0) is 11.4. The van der Waals surface area contributed by atoms with E-state index >= 15 is 0 Å². The number of benzene rings is 1. The molecule has 1 aromatic rings. The lowest BCUT2D eigenvalue weighted by Gasteiger charge is -2.14. The fraction of sp³-hybridized carbons (Fsp3) is 0.571. The second-order valence-corrected chi connectivity index (χ2v) is 4.68. The Morgan fingerprint density at radius 3 is 2.56 bits per heavy atom. The summed E-state index contributed by atoms with van der Waals surface area (Å²) in [5.41, 5.74) is 1.33. The first-order chi connectivity index (χ1) is 7.79. The van der Waals surface area contributed by atoms with Gasteiger partial charge in [-0.1, -0.05) is 25.0 Å². The highest BCUT2D eigenvalue weighted by Crippen LogP contribution is 2.32. The Bertz CT molecular complexity index is 316. The summed E-state index contributed by atoms with van der Waals surface area (Å²) in [6.45, 7) is 3.35.